The van der Waals surface area contributed by atoms with Crippen molar-refractivity contribution in [2.24, 2.45) is 0 Å². The van der Waals surface area contributed by atoms with Gasteiger partial charge in [-0.2, -0.15) is 0 Å². The summed E-state index contributed by atoms with van der Waals surface area (Å²) in [4.78, 5) is 0.451. The zero-order valence-corrected chi connectivity index (χ0v) is 8.42. The highest BCUT2D eigenvalue weighted by Crippen LogP contribution is 2.37. The first-order valence-corrected chi connectivity index (χ1v) is 5.17. The van der Waals surface area contributed by atoms with Crippen LogP contribution in [0.2, 0.25) is 0 Å². The molecule has 0 heterocycles. The summed E-state index contributed by atoms with van der Waals surface area (Å²) >= 11 is 3.69. The van der Waals surface area contributed by atoms with E-state index in [1.54, 1.807) is 0 Å². The van der Waals surface area contributed by atoms with Crippen LogP contribution in [0.1, 0.15) is 23.2 Å². The normalized spacial score (nSPS) is 17.9. The molecule has 0 amide bonds. The molecule has 0 radical (unpaired) electrons. The van der Waals surface area contributed by atoms with Gasteiger partial charge in [-0.05, 0) is 18.4 Å². The highest BCUT2D eigenvalue weighted by Gasteiger charge is 2.16. The number of halogens is 1. The Morgan fingerprint density at radius 1 is 1.17 bits per heavy atom. The molecule has 1 atom stereocenters. The summed E-state index contributed by atoms with van der Waals surface area (Å²) in [5.41, 5.74) is 2.89. The third-order valence-corrected chi connectivity index (χ3v) is 3.37. The number of hydrogen-bond donors (Lipinski definition) is 0. The molecule has 62 valence electrons. The topological polar surface area (TPSA) is 0 Å². The van der Waals surface area contributed by atoms with E-state index in [9.17, 15) is 0 Å². The van der Waals surface area contributed by atoms with Crippen molar-refractivity contribution >= 4 is 15.9 Å². The van der Waals surface area contributed by atoms with Gasteiger partial charge in [-0.3, -0.25) is 0 Å². The largest absolute Gasteiger partial charge is 0.0835 e. The van der Waals surface area contributed by atoms with Gasteiger partial charge < -0.3 is 0 Å². The van der Waals surface area contributed by atoms with Crippen LogP contribution >= 0.6 is 15.9 Å². The van der Waals surface area contributed by atoms with E-state index in [4.69, 9.17) is 0 Å². The average molecular weight is 223 g/mol. The Morgan fingerprint density at radius 2 is 1.83 bits per heavy atom. The van der Waals surface area contributed by atoms with Crippen LogP contribution in [0.15, 0.2) is 42.0 Å². The van der Waals surface area contributed by atoms with Crippen molar-refractivity contribution in [3.05, 3.63) is 47.5 Å². The summed E-state index contributed by atoms with van der Waals surface area (Å²) in [7, 11) is 0. The maximum absolute atomic E-state index is 3.69. The monoisotopic (exact) mass is 222 g/mol. The van der Waals surface area contributed by atoms with E-state index in [1.807, 2.05) is 0 Å². The minimum atomic E-state index is 0.451. The summed E-state index contributed by atoms with van der Waals surface area (Å²) in [6, 6.07) is 10.6. The second-order valence-electron chi connectivity index (χ2n) is 3.09. The van der Waals surface area contributed by atoms with Gasteiger partial charge in [0.05, 0.1) is 4.83 Å². The van der Waals surface area contributed by atoms with Crippen molar-refractivity contribution in [3.8, 4) is 0 Å². The van der Waals surface area contributed by atoms with Crippen LogP contribution in [0.5, 0.6) is 0 Å². The van der Waals surface area contributed by atoms with E-state index in [0.717, 1.165) is 0 Å². The van der Waals surface area contributed by atoms with Gasteiger partial charge in [0.25, 0.3) is 0 Å². The fourth-order valence-corrected chi connectivity index (χ4v) is 2.10. The van der Waals surface area contributed by atoms with Crippen LogP contribution in [0.3, 0.4) is 0 Å². The molecule has 0 N–H and O–H groups in total. The Labute approximate surface area is 81.4 Å². The van der Waals surface area contributed by atoms with Gasteiger partial charge in [-0.25, -0.2) is 0 Å². The molecule has 0 saturated heterocycles. The molecule has 0 fully saturated rings. The summed E-state index contributed by atoms with van der Waals surface area (Å²) < 4.78 is 0. The standard InChI is InChI=1S/C11H11Br/c12-11(10-7-4-8-10)9-5-2-1-3-6-9/h1-3,5-7,11H,4,8H2/t11-/m0/s1. The molecule has 1 aliphatic carbocycles. The first-order valence-electron chi connectivity index (χ1n) is 4.26. The van der Waals surface area contributed by atoms with Gasteiger partial charge in [0, 0.05) is 0 Å². The lowest BCUT2D eigenvalue weighted by molar-refractivity contribution is 0.826. The van der Waals surface area contributed by atoms with Gasteiger partial charge >= 0.3 is 0 Å². The van der Waals surface area contributed by atoms with Gasteiger partial charge in [0.1, 0.15) is 0 Å². The Hall–Kier alpha value is -0.560. The molecule has 1 aliphatic rings. The third-order valence-electron chi connectivity index (χ3n) is 2.26. The lowest BCUT2D eigenvalue weighted by Crippen LogP contribution is -2.01. The van der Waals surface area contributed by atoms with Crippen LogP contribution in [0.4, 0.5) is 0 Å². The number of hydrogen-bond acceptors (Lipinski definition) is 0. The molecule has 0 aliphatic heterocycles. The molecule has 0 unspecified atom stereocenters. The molecular weight excluding hydrogens is 212 g/mol. The van der Waals surface area contributed by atoms with Crippen LogP contribution in [-0.2, 0) is 0 Å². The SMILES string of the molecule is Br[C@H](C1=CCC1)c1ccccc1. The lowest BCUT2D eigenvalue weighted by Gasteiger charge is -2.20. The molecule has 0 nitrogen and oxygen atoms in total. The second-order valence-corrected chi connectivity index (χ2v) is 4.01. The number of benzene rings is 1. The zero-order valence-electron chi connectivity index (χ0n) is 6.83. The fourth-order valence-electron chi connectivity index (χ4n) is 1.38. The van der Waals surface area contributed by atoms with E-state index in [1.165, 1.54) is 24.0 Å². The Kier molecular flexibility index (Phi) is 2.31. The minimum Gasteiger partial charge on any atom is -0.0835 e. The minimum absolute atomic E-state index is 0.451. The molecular formula is C11H11Br. The zero-order chi connectivity index (χ0) is 8.39. The molecule has 1 heteroatoms. The number of rotatable bonds is 2. The van der Waals surface area contributed by atoms with Crippen molar-refractivity contribution in [2.75, 3.05) is 0 Å². The van der Waals surface area contributed by atoms with Crippen LogP contribution < -0.4 is 0 Å². The molecule has 0 bridgehead atoms. The van der Waals surface area contributed by atoms with E-state index in [-0.39, 0.29) is 0 Å². The van der Waals surface area contributed by atoms with Gasteiger partial charge in [0.15, 0.2) is 0 Å². The number of allylic oxidation sites excluding steroid dienone is 2. The Bertz CT molecular complexity index is 287. The Balaban J connectivity index is 2.19. The van der Waals surface area contributed by atoms with Gasteiger partial charge in [-0.1, -0.05) is 57.9 Å². The van der Waals surface area contributed by atoms with E-state index >= 15 is 0 Å². The fraction of sp³-hybridized carbons (Fsp3) is 0.273. The van der Waals surface area contributed by atoms with Crippen LogP contribution in [-0.4, -0.2) is 0 Å². The second kappa shape index (κ2) is 3.44. The lowest BCUT2D eigenvalue weighted by atomic mass is 9.92. The van der Waals surface area contributed by atoms with Crippen LogP contribution in [0.25, 0.3) is 0 Å². The van der Waals surface area contributed by atoms with Crippen molar-refractivity contribution in [2.45, 2.75) is 17.7 Å². The maximum atomic E-state index is 3.69. The number of alkyl halides is 1. The van der Waals surface area contributed by atoms with E-state index < -0.39 is 0 Å². The van der Waals surface area contributed by atoms with E-state index in [2.05, 4.69) is 52.3 Å². The Morgan fingerprint density at radius 3 is 2.33 bits per heavy atom. The highest BCUT2D eigenvalue weighted by atomic mass is 79.9. The molecule has 12 heavy (non-hydrogen) atoms. The molecule has 0 aromatic heterocycles. The summed E-state index contributed by atoms with van der Waals surface area (Å²) in [5.74, 6) is 0. The van der Waals surface area contributed by atoms with Crippen molar-refractivity contribution in [3.63, 3.8) is 0 Å². The van der Waals surface area contributed by atoms with Crippen LogP contribution in [0, 0.1) is 0 Å². The smallest absolute Gasteiger partial charge is 0.0604 e. The molecule has 1 aromatic carbocycles. The van der Waals surface area contributed by atoms with Crippen molar-refractivity contribution in [1.82, 2.24) is 0 Å². The summed E-state index contributed by atoms with van der Waals surface area (Å²) in [6.07, 6.45) is 4.82. The van der Waals surface area contributed by atoms with E-state index in [0.29, 0.717) is 4.83 Å². The summed E-state index contributed by atoms with van der Waals surface area (Å²) in [6.45, 7) is 0. The summed E-state index contributed by atoms with van der Waals surface area (Å²) in [5, 5.41) is 0. The van der Waals surface area contributed by atoms with Gasteiger partial charge in [0.2, 0.25) is 0 Å². The maximum Gasteiger partial charge on any atom is 0.0604 e. The van der Waals surface area contributed by atoms with Crippen molar-refractivity contribution in [1.29, 1.82) is 0 Å². The van der Waals surface area contributed by atoms with Crippen molar-refractivity contribution < 1.29 is 0 Å². The predicted molar refractivity (Wildman–Crippen MR) is 55.4 cm³/mol. The first kappa shape index (κ1) is 8.06. The molecule has 1 aromatic rings. The molecule has 0 saturated carbocycles. The van der Waals surface area contributed by atoms with Gasteiger partial charge in [-0.15, -0.1) is 0 Å². The molecule has 0 spiro atoms. The quantitative estimate of drug-likeness (QED) is 0.527. The molecule has 2 rings (SSSR count). The first-order chi connectivity index (χ1) is 5.88. The average Bonchev–Trinajstić information content (AvgIpc) is 2.03. The predicted octanol–water partition coefficient (Wildman–Crippen LogP) is 3.84. The highest BCUT2D eigenvalue weighted by molar-refractivity contribution is 9.09. The third kappa shape index (κ3) is 1.46.